The SMILES string of the molecule is CCCCN(CCCC)CCNC(=O)Nc1ccc(OC(F)(F)F)cc1. The van der Waals surface area contributed by atoms with Crippen LogP contribution in [0.3, 0.4) is 0 Å². The Kier molecular flexibility index (Phi) is 9.87. The molecule has 0 aliphatic carbocycles. The summed E-state index contributed by atoms with van der Waals surface area (Å²) in [7, 11) is 0. The van der Waals surface area contributed by atoms with Crippen molar-refractivity contribution in [2.75, 3.05) is 31.5 Å². The highest BCUT2D eigenvalue weighted by molar-refractivity contribution is 5.89. The van der Waals surface area contributed by atoms with E-state index in [4.69, 9.17) is 0 Å². The number of unbranched alkanes of at least 4 members (excludes halogenated alkanes) is 2. The Bertz CT molecular complexity index is 513. The molecule has 0 spiro atoms. The lowest BCUT2D eigenvalue weighted by atomic mass is 10.2. The zero-order valence-electron chi connectivity index (χ0n) is 15.4. The lowest BCUT2D eigenvalue weighted by Crippen LogP contribution is -2.37. The molecule has 0 aliphatic heterocycles. The van der Waals surface area contributed by atoms with Crippen molar-refractivity contribution < 1.29 is 22.7 Å². The first-order valence-electron chi connectivity index (χ1n) is 8.97. The topological polar surface area (TPSA) is 53.6 Å². The van der Waals surface area contributed by atoms with Gasteiger partial charge in [-0.05, 0) is 50.2 Å². The Morgan fingerprint density at radius 3 is 2.12 bits per heavy atom. The maximum atomic E-state index is 12.1. The summed E-state index contributed by atoms with van der Waals surface area (Å²) in [5.41, 5.74) is 0.394. The fourth-order valence-electron chi connectivity index (χ4n) is 2.34. The quantitative estimate of drug-likeness (QED) is 0.594. The highest BCUT2D eigenvalue weighted by Crippen LogP contribution is 2.23. The zero-order chi connectivity index (χ0) is 19.4. The molecule has 0 aromatic heterocycles. The molecular weight excluding hydrogens is 347 g/mol. The molecule has 0 bridgehead atoms. The van der Waals surface area contributed by atoms with E-state index in [0.717, 1.165) is 57.5 Å². The van der Waals surface area contributed by atoms with E-state index in [1.807, 2.05) is 0 Å². The molecule has 0 heterocycles. The summed E-state index contributed by atoms with van der Waals surface area (Å²) in [6.07, 6.45) is -0.215. The van der Waals surface area contributed by atoms with Gasteiger partial charge in [0, 0.05) is 18.8 Å². The molecule has 148 valence electrons. The Balaban J connectivity index is 2.36. The number of anilines is 1. The minimum atomic E-state index is -4.73. The summed E-state index contributed by atoms with van der Waals surface area (Å²) >= 11 is 0. The van der Waals surface area contributed by atoms with Crippen LogP contribution in [0, 0.1) is 0 Å². The number of hydrogen-bond acceptors (Lipinski definition) is 3. The average molecular weight is 375 g/mol. The van der Waals surface area contributed by atoms with E-state index in [1.54, 1.807) is 0 Å². The fourth-order valence-corrected chi connectivity index (χ4v) is 2.34. The maximum Gasteiger partial charge on any atom is 0.573 e. The van der Waals surface area contributed by atoms with Crippen LogP contribution in [-0.4, -0.2) is 43.5 Å². The second-order valence-electron chi connectivity index (χ2n) is 6.00. The van der Waals surface area contributed by atoms with Crippen molar-refractivity contribution in [3.63, 3.8) is 0 Å². The summed E-state index contributed by atoms with van der Waals surface area (Å²) in [6, 6.07) is 4.63. The molecule has 1 aromatic carbocycles. The molecule has 2 N–H and O–H groups in total. The standard InChI is InChI=1S/C18H28F3N3O2/c1-3-5-12-24(13-6-4-2)14-11-22-17(25)23-15-7-9-16(10-8-15)26-18(19,20)21/h7-10H,3-6,11-14H2,1-2H3,(H2,22,23,25). The number of rotatable bonds is 11. The molecule has 1 aromatic rings. The largest absolute Gasteiger partial charge is 0.573 e. The van der Waals surface area contributed by atoms with Crippen LogP contribution in [0.15, 0.2) is 24.3 Å². The van der Waals surface area contributed by atoms with Crippen LogP contribution in [0.4, 0.5) is 23.7 Å². The Morgan fingerprint density at radius 1 is 1.04 bits per heavy atom. The van der Waals surface area contributed by atoms with Crippen molar-refractivity contribution in [3.05, 3.63) is 24.3 Å². The number of nitrogens with zero attached hydrogens (tertiary/aromatic N) is 1. The van der Waals surface area contributed by atoms with E-state index in [9.17, 15) is 18.0 Å². The number of carbonyl (C=O) groups excluding carboxylic acids is 1. The van der Waals surface area contributed by atoms with Gasteiger partial charge in [0.2, 0.25) is 0 Å². The van der Waals surface area contributed by atoms with Gasteiger partial charge in [-0.15, -0.1) is 13.2 Å². The molecule has 26 heavy (non-hydrogen) atoms. The smallest absolute Gasteiger partial charge is 0.406 e. The molecule has 0 saturated carbocycles. The van der Waals surface area contributed by atoms with Crippen LogP contribution in [0.1, 0.15) is 39.5 Å². The van der Waals surface area contributed by atoms with Gasteiger partial charge in [0.15, 0.2) is 0 Å². The number of hydrogen-bond donors (Lipinski definition) is 2. The minimum absolute atomic E-state index is 0.328. The molecule has 0 aliphatic rings. The van der Waals surface area contributed by atoms with Crippen LogP contribution in [-0.2, 0) is 0 Å². The number of benzene rings is 1. The van der Waals surface area contributed by atoms with Crippen LogP contribution >= 0.6 is 0 Å². The number of amides is 2. The van der Waals surface area contributed by atoms with Crippen molar-refractivity contribution in [1.29, 1.82) is 0 Å². The third kappa shape index (κ3) is 10.1. The van der Waals surface area contributed by atoms with Crippen LogP contribution < -0.4 is 15.4 Å². The normalized spacial score (nSPS) is 11.5. The van der Waals surface area contributed by atoms with E-state index in [2.05, 4.69) is 34.1 Å². The predicted octanol–water partition coefficient (Wildman–Crippen LogP) is 4.61. The molecule has 0 saturated heterocycles. The van der Waals surface area contributed by atoms with Gasteiger partial charge in [0.1, 0.15) is 5.75 Å². The lowest BCUT2D eigenvalue weighted by Gasteiger charge is -2.22. The van der Waals surface area contributed by atoms with E-state index in [0.29, 0.717) is 12.2 Å². The van der Waals surface area contributed by atoms with Crippen molar-refractivity contribution in [3.8, 4) is 5.75 Å². The summed E-state index contributed by atoms with van der Waals surface area (Å²) < 4.78 is 40.1. The van der Waals surface area contributed by atoms with Crippen molar-refractivity contribution in [2.45, 2.75) is 45.9 Å². The Morgan fingerprint density at radius 2 is 1.62 bits per heavy atom. The van der Waals surface area contributed by atoms with E-state index in [-0.39, 0.29) is 11.8 Å². The second-order valence-corrected chi connectivity index (χ2v) is 6.00. The van der Waals surface area contributed by atoms with Gasteiger partial charge in [-0.1, -0.05) is 26.7 Å². The van der Waals surface area contributed by atoms with E-state index in [1.165, 1.54) is 12.1 Å². The molecule has 0 atom stereocenters. The Labute approximate surface area is 152 Å². The lowest BCUT2D eigenvalue weighted by molar-refractivity contribution is -0.274. The van der Waals surface area contributed by atoms with E-state index < -0.39 is 6.36 Å². The predicted molar refractivity (Wildman–Crippen MR) is 96.4 cm³/mol. The van der Waals surface area contributed by atoms with Gasteiger partial charge in [0.05, 0.1) is 0 Å². The van der Waals surface area contributed by atoms with Crippen LogP contribution in [0.25, 0.3) is 0 Å². The molecule has 5 nitrogen and oxygen atoms in total. The van der Waals surface area contributed by atoms with Crippen LogP contribution in [0.5, 0.6) is 5.75 Å². The summed E-state index contributed by atoms with van der Waals surface area (Å²) in [4.78, 5) is 14.2. The summed E-state index contributed by atoms with van der Waals surface area (Å²) in [6.45, 7) is 7.60. The second kappa shape index (κ2) is 11.6. The van der Waals surface area contributed by atoms with Gasteiger partial charge >= 0.3 is 12.4 Å². The maximum absolute atomic E-state index is 12.1. The van der Waals surface area contributed by atoms with Gasteiger partial charge in [-0.2, -0.15) is 0 Å². The van der Waals surface area contributed by atoms with Gasteiger partial charge in [-0.25, -0.2) is 4.79 Å². The van der Waals surface area contributed by atoms with Crippen LogP contribution in [0.2, 0.25) is 0 Å². The molecule has 0 unspecified atom stereocenters. The third-order valence-corrected chi connectivity index (χ3v) is 3.72. The van der Waals surface area contributed by atoms with Crippen molar-refractivity contribution in [1.82, 2.24) is 10.2 Å². The van der Waals surface area contributed by atoms with Gasteiger partial charge in [0.25, 0.3) is 0 Å². The minimum Gasteiger partial charge on any atom is -0.406 e. The first-order valence-corrected chi connectivity index (χ1v) is 8.97. The van der Waals surface area contributed by atoms with Gasteiger partial charge < -0.3 is 20.3 Å². The summed E-state index contributed by atoms with van der Waals surface area (Å²) in [5, 5.41) is 5.35. The number of alkyl halides is 3. The molecular formula is C18H28F3N3O2. The summed E-state index contributed by atoms with van der Waals surface area (Å²) in [5.74, 6) is -0.328. The molecule has 0 radical (unpaired) electrons. The first-order chi connectivity index (χ1) is 12.3. The fraction of sp³-hybridized carbons (Fsp3) is 0.611. The zero-order valence-corrected chi connectivity index (χ0v) is 15.4. The third-order valence-electron chi connectivity index (χ3n) is 3.72. The molecule has 0 fully saturated rings. The number of carbonyl (C=O) groups is 1. The average Bonchev–Trinajstić information content (AvgIpc) is 2.57. The number of halogens is 3. The highest BCUT2D eigenvalue weighted by atomic mass is 19.4. The molecule has 1 rings (SSSR count). The van der Waals surface area contributed by atoms with Crippen molar-refractivity contribution in [2.24, 2.45) is 0 Å². The first kappa shape index (κ1) is 22.1. The molecule has 8 heteroatoms. The van der Waals surface area contributed by atoms with Crippen molar-refractivity contribution >= 4 is 11.7 Å². The number of nitrogens with one attached hydrogen (secondary N) is 2. The van der Waals surface area contributed by atoms with E-state index >= 15 is 0 Å². The number of ether oxygens (including phenoxy) is 1. The molecule has 2 amide bonds. The number of urea groups is 1. The highest BCUT2D eigenvalue weighted by Gasteiger charge is 2.30. The monoisotopic (exact) mass is 375 g/mol. The van der Waals surface area contributed by atoms with Gasteiger partial charge in [-0.3, -0.25) is 0 Å². The Hall–Kier alpha value is -1.96.